The summed E-state index contributed by atoms with van der Waals surface area (Å²) < 4.78 is 10.8. The molecule has 1 amide bonds. The van der Waals surface area contributed by atoms with E-state index in [1.54, 1.807) is 49.4 Å². The fourth-order valence-electron chi connectivity index (χ4n) is 2.86. The molecule has 1 N–H and O–H groups in total. The number of hydrogen-bond acceptors (Lipinski definition) is 5. The Labute approximate surface area is 163 Å². The predicted molar refractivity (Wildman–Crippen MR) is 105 cm³/mol. The van der Waals surface area contributed by atoms with Crippen LogP contribution in [0.1, 0.15) is 53.0 Å². The number of ketones is 1. The molecular weight excluding hydrogens is 358 g/mol. The lowest BCUT2D eigenvalue weighted by Gasteiger charge is -2.10. The van der Waals surface area contributed by atoms with E-state index in [0.717, 1.165) is 5.56 Å². The molecule has 0 bridgehead atoms. The Morgan fingerprint density at radius 3 is 2.64 bits per heavy atom. The van der Waals surface area contributed by atoms with Gasteiger partial charge in [0.05, 0.1) is 18.1 Å². The molecule has 2 aromatic carbocycles. The number of carbonyl (C=O) groups is 3. The van der Waals surface area contributed by atoms with Crippen molar-refractivity contribution < 1.29 is 23.9 Å². The Morgan fingerprint density at radius 1 is 1.11 bits per heavy atom. The fourth-order valence-corrected chi connectivity index (χ4v) is 2.86. The SMILES string of the molecule is CC(C)COc1cccc(C(=O)OCC(=O)c2ccc3c(c2)[C@@H](C)C(=O)N3)c1. The maximum atomic E-state index is 12.4. The molecular formula is C22H23NO5. The summed E-state index contributed by atoms with van der Waals surface area (Å²) in [4.78, 5) is 36.4. The highest BCUT2D eigenvalue weighted by Gasteiger charge is 2.27. The molecule has 0 saturated heterocycles. The number of ether oxygens (including phenoxy) is 2. The summed E-state index contributed by atoms with van der Waals surface area (Å²) in [6.45, 7) is 6.03. The highest BCUT2D eigenvalue weighted by atomic mass is 16.5. The third kappa shape index (κ3) is 4.39. The number of amides is 1. The summed E-state index contributed by atoms with van der Waals surface area (Å²) in [7, 11) is 0. The van der Waals surface area contributed by atoms with Crippen LogP contribution < -0.4 is 10.1 Å². The maximum Gasteiger partial charge on any atom is 0.338 e. The standard InChI is InChI=1S/C22H23NO5/c1-13(2)11-27-17-6-4-5-16(9-17)22(26)28-12-20(24)15-7-8-19-18(10-15)14(3)21(25)23-19/h4-10,13-14H,11-12H2,1-3H3,(H,23,25)/t14-/m1/s1. The Balaban J connectivity index is 1.61. The van der Waals surface area contributed by atoms with Gasteiger partial charge in [-0.1, -0.05) is 19.9 Å². The van der Waals surface area contributed by atoms with Crippen molar-refractivity contribution in [3.05, 3.63) is 59.2 Å². The van der Waals surface area contributed by atoms with Gasteiger partial charge in [-0.05, 0) is 54.8 Å². The van der Waals surface area contributed by atoms with E-state index in [2.05, 4.69) is 5.32 Å². The number of esters is 1. The highest BCUT2D eigenvalue weighted by molar-refractivity contribution is 6.05. The maximum absolute atomic E-state index is 12.4. The van der Waals surface area contributed by atoms with Crippen LogP contribution in [0.4, 0.5) is 5.69 Å². The summed E-state index contributed by atoms with van der Waals surface area (Å²) in [5, 5.41) is 2.76. The Hall–Kier alpha value is -3.15. The third-order valence-electron chi connectivity index (χ3n) is 4.48. The zero-order valence-corrected chi connectivity index (χ0v) is 16.2. The fraction of sp³-hybridized carbons (Fsp3) is 0.318. The van der Waals surface area contributed by atoms with E-state index < -0.39 is 5.97 Å². The van der Waals surface area contributed by atoms with Crippen molar-refractivity contribution in [1.82, 2.24) is 0 Å². The van der Waals surface area contributed by atoms with Crippen LogP contribution >= 0.6 is 0 Å². The molecule has 0 radical (unpaired) electrons. The second-order valence-electron chi connectivity index (χ2n) is 7.24. The van der Waals surface area contributed by atoms with Crippen LogP contribution in [0.5, 0.6) is 5.75 Å². The van der Waals surface area contributed by atoms with Gasteiger partial charge in [0, 0.05) is 11.3 Å². The third-order valence-corrected chi connectivity index (χ3v) is 4.48. The van der Waals surface area contributed by atoms with Gasteiger partial charge in [0.15, 0.2) is 12.4 Å². The van der Waals surface area contributed by atoms with E-state index in [9.17, 15) is 14.4 Å². The molecule has 0 spiro atoms. The molecule has 0 aromatic heterocycles. The first-order chi connectivity index (χ1) is 13.3. The van der Waals surface area contributed by atoms with Crippen molar-refractivity contribution in [2.24, 2.45) is 5.92 Å². The first-order valence-corrected chi connectivity index (χ1v) is 9.23. The first kappa shape index (κ1) is 19.6. The van der Waals surface area contributed by atoms with E-state index in [4.69, 9.17) is 9.47 Å². The average Bonchev–Trinajstić information content (AvgIpc) is 2.97. The van der Waals surface area contributed by atoms with Crippen LogP contribution in [-0.2, 0) is 9.53 Å². The van der Waals surface area contributed by atoms with Gasteiger partial charge in [0.25, 0.3) is 0 Å². The second kappa shape index (κ2) is 8.25. The molecule has 1 aliphatic heterocycles. The minimum atomic E-state index is -0.588. The van der Waals surface area contributed by atoms with Crippen molar-refractivity contribution in [2.75, 3.05) is 18.5 Å². The molecule has 3 rings (SSSR count). The zero-order chi connectivity index (χ0) is 20.3. The lowest BCUT2D eigenvalue weighted by molar-refractivity contribution is -0.116. The number of benzene rings is 2. The number of nitrogens with one attached hydrogen (secondary N) is 1. The predicted octanol–water partition coefficient (Wildman–Crippen LogP) is 3.82. The Kier molecular flexibility index (Phi) is 5.78. The summed E-state index contributed by atoms with van der Waals surface area (Å²) in [6.07, 6.45) is 0. The summed E-state index contributed by atoms with van der Waals surface area (Å²) in [5.74, 6) is -0.359. The van der Waals surface area contributed by atoms with E-state index in [1.807, 2.05) is 13.8 Å². The van der Waals surface area contributed by atoms with Crippen LogP contribution in [0.25, 0.3) is 0 Å². The van der Waals surface area contributed by atoms with Crippen molar-refractivity contribution >= 4 is 23.3 Å². The lowest BCUT2D eigenvalue weighted by Crippen LogP contribution is -2.14. The van der Waals surface area contributed by atoms with E-state index in [0.29, 0.717) is 35.1 Å². The molecule has 0 aliphatic carbocycles. The number of carbonyl (C=O) groups excluding carboxylic acids is 3. The summed E-state index contributed by atoms with van der Waals surface area (Å²) >= 11 is 0. The molecule has 6 nitrogen and oxygen atoms in total. The van der Waals surface area contributed by atoms with Crippen molar-refractivity contribution in [3.8, 4) is 5.75 Å². The van der Waals surface area contributed by atoms with Crippen LogP contribution in [0.3, 0.4) is 0 Å². The largest absolute Gasteiger partial charge is 0.493 e. The first-order valence-electron chi connectivity index (χ1n) is 9.23. The van der Waals surface area contributed by atoms with Gasteiger partial charge in [0.2, 0.25) is 5.91 Å². The molecule has 146 valence electrons. The molecule has 0 saturated carbocycles. The van der Waals surface area contributed by atoms with Crippen LogP contribution in [0.2, 0.25) is 0 Å². The topological polar surface area (TPSA) is 81.7 Å². The Bertz CT molecular complexity index is 919. The van der Waals surface area contributed by atoms with Crippen molar-refractivity contribution in [2.45, 2.75) is 26.7 Å². The smallest absolute Gasteiger partial charge is 0.338 e. The lowest BCUT2D eigenvalue weighted by atomic mass is 9.99. The summed E-state index contributed by atoms with van der Waals surface area (Å²) in [6, 6.07) is 11.7. The van der Waals surface area contributed by atoms with E-state index in [1.165, 1.54) is 0 Å². The molecule has 0 fully saturated rings. The number of anilines is 1. The second-order valence-corrected chi connectivity index (χ2v) is 7.24. The van der Waals surface area contributed by atoms with Gasteiger partial charge in [-0.15, -0.1) is 0 Å². The quantitative estimate of drug-likeness (QED) is 0.582. The number of fused-ring (bicyclic) bond motifs is 1. The van der Waals surface area contributed by atoms with Crippen LogP contribution in [0.15, 0.2) is 42.5 Å². The van der Waals surface area contributed by atoms with Crippen molar-refractivity contribution in [3.63, 3.8) is 0 Å². The van der Waals surface area contributed by atoms with Crippen LogP contribution in [0, 0.1) is 5.92 Å². The number of rotatable bonds is 7. The molecule has 28 heavy (non-hydrogen) atoms. The van der Waals surface area contributed by atoms with Crippen LogP contribution in [-0.4, -0.2) is 30.9 Å². The monoisotopic (exact) mass is 381 g/mol. The number of hydrogen-bond donors (Lipinski definition) is 1. The van der Waals surface area contributed by atoms with Gasteiger partial charge < -0.3 is 14.8 Å². The molecule has 2 aromatic rings. The molecule has 0 unspecified atom stereocenters. The average molecular weight is 381 g/mol. The minimum absolute atomic E-state index is 0.0920. The van der Waals surface area contributed by atoms with E-state index >= 15 is 0 Å². The zero-order valence-electron chi connectivity index (χ0n) is 16.2. The van der Waals surface area contributed by atoms with Crippen molar-refractivity contribution in [1.29, 1.82) is 0 Å². The van der Waals surface area contributed by atoms with Gasteiger partial charge in [-0.25, -0.2) is 4.79 Å². The highest BCUT2D eigenvalue weighted by Crippen LogP contribution is 2.32. The number of Topliss-reactive ketones (excluding diaryl/α,β-unsaturated/α-hetero) is 1. The van der Waals surface area contributed by atoms with Gasteiger partial charge in [-0.2, -0.15) is 0 Å². The Morgan fingerprint density at radius 2 is 1.89 bits per heavy atom. The van der Waals surface area contributed by atoms with Gasteiger partial charge in [0.1, 0.15) is 5.75 Å². The minimum Gasteiger partial charge on any atom is -0.493 e. The normalized spacial score (nSPS) is 15.1. The van der Waals surface area contributed by atoms with E-state index in [-0.39, 0.29) is 24.2 Å². The van der Waals surface area contributed by atoms with Gasteiger partial charge >= 0.3 is 5.97 Å². The molecule has 6 heteroatoms. The molecule has 1 heterocycles. The van der Waals surface area contributed by atoms with Gasteiger partial charge in [-0.3, -0.25) is 9.59 Å². The summed E-state index contributed by atoms with van der Waals surface area (Å²) in [5.41, 5.74) is 2.22. The molecule has 1 atom stereocenters. The molecule has 1 aliphatic rings.